The van der Waals surface area contributed by atoms with Crippen molar-refractivity contribution in [2.24, 2.45) is 7.05 Å². The Kier molecular flexibility index (Phi) is 5.50. The number of aromatic nitrogens is 2. The molecule has 0 aliphatic carbocycles. The molecule has 2 heterocycles. The number of amides is 1. The van der Waals surface area contributed by atoms with Gasteiger partial charge in [0.15, 0.2) is 0 Å². The fourth-order valence-corrected chi connectivity index (χ4v) is 3.80. The van der Waals surface area contributed by atoms with Crippen molar-refractivity contribution in [2.45, 2.75) is 13.8 Å². The molecule has 0 spiro atoms. The quantitative estimate of drug-likeness (QED) is 0.706. The lowest BCUT2D eigenvalue weighted by Crippen LogP contribution is -2.34. The van der Waals surface area contributed by atoms with E-state index < -0.39 is 0 Å². The molecule has 5 nitrogen and oxygen atoms in total. The van der Waals surface area contributed by atoms with Crippen LogP contribution in [0.3, 0.4) is 0 Å². The number of para-hydroxylation sites is 1. The fourth-order valence-electron chi connectivity index (χ4n) is 2.95. The third kappa shape index (κ3) is 3.75. The molecule has 132 valence electrons. The van der Waals surface area contributed by atoms with Gasteiger partial charge in [-0.3, -0.25) is 4.79 Å². The van der Waals surface area contributed by atoms with Crippen LogP contribution in [0.2, 0.25) is 0 Å². The van der Waals surface area contributed by atoms with Crippen molar-refractivity contribution in [1.82, 2.24) is 19.8 Å². The summed E-state index contributed by atoms with van der Waals surface area (Å²) in [5, 5.41) is 6.84. The third-order valence-electron chi connectivity index (χ3n) is 4.52. The molecule has 0 bridgehead atoms. The van der Waals surface area contributed by atoms with Gasteiger partial charge in [0, 0.05) is 36.4 Å². The summed E-state index contributed by atoms with van der Waals surface area (Å²) in [5.74, 6) is -0.103. The number of hydrogen-bond donors (Lipinski definition) is 1. The van der Waals surface area contributed by atoms with Crippen LogP contribution in [0.4, 0.5) is 0 Å². The van der Waals surface area contributed by atoms with Crippen molar-refractivity contribution in [3.63, 3.8) is 0 Å². The Morgan fingerprint density at radius 3 is 2.76 bits per heavy atom. The van der Waals surface area contributed by atoms with Crippen LogP contribution in [-0.2, 0) is 7.05 Å². The second-order valence-corrected chi connectivity index (χ2v) is 6.83. The van der Waals surface area contributed by atoms with Crippen LogP contribution in [0.25, 0.3) is 21.6 Å². The number of likely N-dealkylation sites (N-methyl/N-ethyl adjacent to an activating group) is 1. The molecule has 1 N–H and O–H groups in total. The van der Waals surface area contributed by atoms with E-state index in [0.717, 1.165) is 35.9 Å². The maximum atomic E-state index is 12.3. The summed E-state index contributed by atoms with van der Waals surface area (Å²) in [7, 11) is 2.03. The zero-order chi connectivity index (χ0) is 17.8. The van der Waals surface area contributed by atoms with Crippen molar-refractivity contribution in [3.05, 3.63) is 41.4 Å². The molecule has 2 aromatic heterocycles. The van der Waals surface area contributed by atoms with E-state index in [1.54, 1.807) is 0 Å². The van der Waals surface area contributed by atoms with Gasteiger partial charge in [0.2, 0.25) is 0 Å². The second kappa shape index (κ2) is 7.80. The normalized spacial score (nSPS) is 11.4. The van der Waals surface area contributed by atoms with Gasteiger partial charge in [-0.25, -0.2) is 4.98 Å². The first-order valence-corrected chi connectivity index (χ1v) is 9.53. The zero-order valence-electron chi connectivity index (χ0n) is 15.0. The molecule has 1 amide bonds. The topological polar surface area (TPSA) is 50.2 Å². The van der Waals surface area contributed by atoms with Gasteiger partial charge < -0.3 is 14.8 Å². The Hall–Kier alpha value is -2.18. The predicted octanol–water partition coefficient (Wildman–Crippen LogP) is 3.37. The summed E-state index contributed by atoms with van der Waals surface area (Å²) < 4.78 is 2.12. The van der Waals surface area contributed by atoms with E-state index in [-0.39, 0.29) is 5.91 Å². The number of carbonyl (C=O) groups excluding carboxylic acids is 1. The average molecular weight is 356 g/mol. The molecule has 6 heteroatoms. The van der Waals surface area contributed by atoms with Gasteiger partial charge in [0.25, 0.3) is 5.91 Å². The summed E-state index contributed by atoms with van der Waals surface area (Å²) in [4.78, 5) is 19.1. The maximum absolute atomic E-state index is 12.3. The third-order valence-corrected chi connectivity index (χ3v) is 5.38. The molecule has 0 aliphatic heterocycles. The molecule has 0 fully saturated rings. The number of rotatable bonds is 7. The van der Waals surface area contributed by atoms with Gasteiger partial charge in [0.1, 0.15) is 10.7 Å². The number of thiazole rings is 1. The van der Waals surface area contributed by atoms with Crippen LogP contribution in [0.1, 0.15) is 24.3 Å². The summed E-state index contributed by atoms with van der Waals surface area (Å²) in [6.45, 7) is 7.74. The average Bonchev–Trinajstić information content (AvgIpc) is 3.24. The molecular formula is C19H24N4OS. The Morgan fingerprint density at radius 2 is 2.04 bits per heavy atom. The summed E-state index contributed by atoms with van der Waals surface area (Å²) in [6, 6.07) is 10.4. The number of aryl methyl sites for hydroxylation is 1. The van der Waals surface area contributed by atoms with Gasteiger partial charge in [-0.1, -0.05) is 32.0 Å². The minimum Gasteiger partial charge on any atom is -0.349 e. The first-order valence-electron chi connectivity index (χ1n) is 8.65. The molecule has 0 radical (unpaired) electrons. The Labute approximate surface area is 152 Å². The molecule has 25 heavy (non-hydrogen) atoms. The van der Waals surface area contributed by atoms with E-state index in [4.69, 9.17) is 0 Å². The molecule has 3 aromatic rings. The van der Waals surface area contributed by atoms with Crippen molar-refractivity contribution >= 4 is 28.1 Å². The largest absolute Gasteiger partial charge is 0.349 e. The zero-order valence-corrected chi connectivity index (χ0v) is 15.8. The van der Waals surface area contributed by atoms with E-state index in [9.17, 15) is 4.79 Å². The lowest BCUT2D eigenvalue weighted by molar-refractivity contribution is 0.0944. The number of nitrogens with one attached hydrogen (secondary N) is 1. The van der Waals surface area contributed by atoms with Crippen molar-refractivity contribution in [2.75, 3.05) is 26.2 Å². The Balaban J connectivity index is 1.71. The summed E-state index contributed by atoms with van der Waals surface area (Å²) in [5.41, 5.74) is 2.69. The maximum Gasteiger partial charge on any atom is 0.270 e. The van der Waals surface area contributed by atoms with Crippen LogP contribution >= 0.6 is 11.3 Å². The van der Waals surface area contributed by atoms with Gasteiger partial charge in [0.05, 0.1) is 5.69 Å². The highest BCUT2D eigenvalue weighted by atomic mass is 32.1. The molecule has 3 rings (SSSR count). The number of carbonyl (C=O) groups is 1. The van der Waals surface area contributed by atoms with Crippen molar-refractivity contribution in [3.8, 4) is 10.7 Å². The number of nitrogens with zero attached hydrogens (tertiary/aromatic N) is 3. The Morgan fingerprint density at radius 1 is 1.28 bits per heavy atom. The van der Waals surface area contributed by atoms with E-state index in [0.29, 0.717) is 12.2 Å². The molecular weight excluding hydrogens is 332 g/mol. The first kappa shape index (κ1) is 17.6. The Bertz CT molecular complexity index is 863. The van der Waals surface area contributed by atoms with Gasteiger partial charge >= 0.3 is 0 Å². The van der Waals surface area contributed by atoms with Crippen molar-refractivity contribution < 1.29 is 4.79 Å². The fraction of sp³-hybridized carbons (Fsp3) is 0.368. The molecule has 1 aromatic carbocycles. The van der Waals surface area contributed by atoms with Gasteiger partial charge in [-0.2, -0.15) is 0 Å². The summed E-state index contributed by atoms with van der Waals surface area (Å²) in [6.07, 6.45) is 0. The number of hydrogen-bond acceptors (Lipinski definition) is 4. The lowest BCUT2D eigenvalue weighted by atomic mass is 10.2. The van der Waals surface area contributed by atoms with E-state index in [1.165, 1.54) is 16.7 Å². The monoisotopic (exact) mass is 356 g/mol. The van der Waals surface area contributed by atoms with E-state index in [2.05, 4.69) is 51.8 Å². The highest BCUT2D eigenvalue weighted by Gasteiger charge is 2.15. The van der Waals surface area contributed by atoms with E-state index >= 15 is 0 Å². The van der Waals surface area contributed by atoms with Crippen LogP contribution < -0.4 is 5.32 Å². The van der Waals surface area contributed by atoms with Crippen LogP contribution in [0.5, 0.6) is 0 Å². The first-order chi connectivity index (χ1) is 12.1. The molecule has 0 saturated carbocycles. The molecule has 0 atom stereocenters. The predicted molar refractivity (Wildman–Crippen MR) is 104 cm³/mol. The highest BCUT2D eigenvalue weighted by molar-refractivity contribution is 7.13. The minimum absolute atomic E-state index is 0.103. The minimum atomic E-state index is -0.103. The van der Waals surface area contributed by atoms with Crippen LogP contribution in [0.15, 0.2) is 35.7 Å². The lowest BCUT2D eigenvalue weighted by Gasteiger charge is -2.17. The van der Waals surface area contributed by atoms with Crippen molar-refractivity contribution in [1.29, 1.82) is 0 Å². The number of benzene rings is 1. The number of fused-ring (bicyclic) bond motifs is 1. The molecule has 0 saturated heterocycles. The highest BCUT2D eigenvalue weighted by Crippen LogP contribution is 2.29. The molecule has 0 aliphatic rings. The smallest absolute Gasteiger partial charge is 0.270 e. The second-order valence-electron chi connectivity index (χ2n) is 5.97. The standard InChI is InChI=1S/C19H24N4OS/c1-4-23(5-2)11-10-20-18(24)15-13-25-19(21-15)17-12-14-8-6-7-9-16(14)22(17)3/h6-9,12-13H,4-5,10-11H2,1-3H3,(H,20,24). The van der Waals surface area contributed by atoms with Gasteiger partial charge in [-0.15, -0.1) is 11.3 Å². The van der Waals surface area contributed by atoms with Crippen LogP contribution in [-0.4, -0.2) is 46.5 Å². The van der Waals surface area contributed by atoms with Crippen LogP contribution in [0, 0.1) is 0 Å². The SMILES string of the molecule is CCN(CC)CCNC(=O)c1csc(-c2cc3ccccc3n2C)n1. The van der Waals surface area contributed by atoms with E-state index in [1.807, 2.05) is 24.6 Å². The molecule has 0 unspecified atom stereocenters. The van der Waals surface area contributed by atoms with Gasteiger partial charge in [-0.05, 0) is 25.2 Å². The summed E-state index contributed by atoms with van der Waals surface area (Å²) >= 11 is 1.51.